The molecule has 0 aliphatic carbocycles. The zero-order valence-corrected chi connectivity index (χ0v) is 16.9. The van der Waals surface area contributed by atoms with Gasteiger partial charge in [0.2, 0.25) is 5.91 Å². The maximum atomic E-state index is 11.9. The van der Waals surface area contributed by atoms with E-state index in [1.807, 2.05) is 31.2 Å². The van der Waals surface area contributed by atoms with Crippen molar-refractivity contribution in [1.29, 1.82) is 0 Å². The van der Waals surface area contributed by atoms with Crippen LogP contribution in [0.25, 0.3) is 0 Å². The summed E-state index contributed by atoms with van der Waals surface area (Å²) in [4.78, 5) is 29.6. The summed E-state index contributed by atoms with van der Waals surface area (Å²) in [5.74, 6) is -0.288. The number of nitrogens with zero attached hydrogens (tertiary/aromatic N) is 1. The van der Waals surface area contributed by atoms with Crippen LogP contribution in [0.15, 0.2) is 24.3 Å². The molecule has 1 fully saturated rings. The largest absolute Gasteiger partial charge is 0.494 e. The number of hydrogen-bond acceptors (Lipinski definition) is 6. The van der Waals surface area contributed by atoms with Crippen LogP contribution in [0.1, 0.15) is 57.9 Å². The Morgan fingerprint density at radius 2 is 2.18 bits per heavy atom. The lowest BCUT2D eigenvalue weighted by atomic mass is 10.0. The maximum absolute atomic E-state index is 11.9. The van der Waals surface area contributed by atoms with Gasteiger partial charge >= 0.3 is 5.97 Å². The topological polar surface area (TPSA) is 88.1 Å². The molecule has 2 N–H and O–H groups in total. The fourth-order valence-electron chi connectivity index (χ4n) is 3.34. The Kier molecular flexibility index (Phi) is 9.23. The summed E-state index contributed by atoms with van der Waals surface area (Å²) in [5, 5.41) is 10.1. The van der Waals surface area contributed by atoms with Crippen molar-refractivity contribution in [1.82, 2.24) is 10.4 Å². The van der Waals surface area contributed by atoms with Gasteiger partial charge < -0.3 is 14.7 Å². The van der Waals surface area contributed by atoms with Crippen LogP contribution in [0.4, 0.5) is 0 Å². The molecule has 2 atom stereocenters. The molecule has 1 heterocycles. The molecular formula is C21H32N2O5. The Bertz CT molecular complexity index is 637. The number of likely N-dealkylation sites (tertiary alicyclic amines) is 1. The molecule has 0 bridgehead atoms. The minimum Gasteiger partial charge on any atom is -0.494 e. The molecule has 156 valence electrons. The standard InChI is InChI=1S/C21H32N2O5/c1-3-18(21(26)28-22-16(2)24)9-7-13-27-19-10-6-8-17(14-19)15-23-12-5-4-11-20(23)25/h6,8,10,14,18,20,25H,3-5,7,9,11-13,15H2,1-2H3,(H,22,24). The van der Waals surface area contributed by atoms with E-state index in [1.54, 1.807) is 0 Å². The summed E-state index contributed by atoms with van der Waals surface area (Å²) < 4.78 is 5.83. The van der Waals surface area contributed by atoms with E-state index in [-0.39, 0.29) is 12.1 Å². The van der Waals surface area contributed by atoms with Crippen molar-refractivity contribution in [3.8, 4) is 5.75 Å². The SMILES string of the molecule is CCC(CCCOc1cccc(CN2CCCCC2O)c1)C(=O)ONC(C)=O. The highest BCUT2D eigenvalue weighted by Crippen LogP contribution is 2.21. The molecule has 0 saturated carbocycles. The number of carbonyl (C=O) groups excluding carboxylic acids is 2. The van der Waals surface area contributed by atoms with Crippen LogP contribution in [-0.4, -0.2) is 41.3 Å². The molecular weight excluding hydrogens is 360 g/mol. The molecule has 7 nitrogen and oxygen atoms in total. The van der Waals surface area contributed by atoms with Gasteiger partial charge in [-0.1, -0.05) is 19.1 Å². The predicted molar refractivity (Wildman–Crippen MR) is 105 cm³/mol. The van der Waals surface area contributed by atoms with E-state index in [4.69, 9.17) is 9.57 Å². The zero-order chi connectivity index (χ0) is 20.4. The monoisotopic (exact) mass is 392 g/mol. The van der Waals surface area contributed by atoms with Gasteiger partial charge in [-0.25, -0.2) is 4.79 Å². The molecule has 0 radical (unpaired) electrons. The van der Waals surface area contributed by atoms with Gasteiger partial charge in [-0.2, -0.15) is 5.48 Å². The van der Waals surface area contributed by atoms with Gasteiger partial charge in [0.15, 0.2) is 0 Å². The first-order valence-electron chi connectivity index (χ1n) is 10.1. The Morgan fingerprint density at radius 1 is 1.36 bits per heavy atom. The quantitative estimate of drug-likeness (QED) is 0.496. The number of rotatable bonds is 9. The summed E-state index contributed by atoms with van der Waals surface area (Å²) >= 11 is 0. The average molecular weight is 392 g/mol. The second kappa shape index (κ2) is 11.7. The van der Waals surface area contributed by atoms with Crippen molar-refractivity contribution in [3.05, 3.63) is 29.8 Å². The van der Waals surface area contributed by atoms with Gasteiger partial charge in [-0.05, 0) is 56.2 Å². The van der Waals surface area contributed by atoms with E-state index in [1.165, 1.54) is 6.92 Å². The minimum absolute atomic E-state index is 0.262. The second-order valence-corrected chi connectivity index (χ2v) is 7.27. The molecule has 1 aromatic rings. The van der Waals surface area contributed by atoms with Crippen LogP contribution < -0.4 is 10.2 Å². The Morgan fingerprint density at radius 3 is 2.89 bits per heavy atom. The van der Waals surface area contributed by atoms with Crippen LogP contribution in [0.2, 0.25) is 0 Å². The summed E-state index contributed by atoms with van der Waals surface area (Å²) in [6.45, 7) is 5.34. The van der Waals surface area contributed by atoms with E-state index in [0.29, 0.717) is 32.4 Å². The second-order valence-electron chi connectivity index (χ2n) is 7.27. The zero-order valence-electron chi connectivity index (χ0n) is 16.9. The molecule has 1 aliphatic rings. The number of amides is 1. The number of aliphatic hydroxyl groups is 1. The molecule has 1 aromatic carbocycles. The molecule has 0 aromatic heterocycles. The van der Waals surface area contributed by atoms with Gasteiger partial charge in [-0.15, -0.1) is 0 Å². The van der Waals surface area contributed by atoms with Crippen molar-refractivity contribution in [2.45, 2.75) is 65.1 Å². The van der Waals surface area contributed by atoms with E-state index < -0.39 is 11.9 Å². The van der Waals surface area contributed by atoms with Gasteiger partial charge in [0.05, 0.1) is 12.5 Å². The summed E-state index contributed by atoms with van der Waals surface area (Å²) in [6.07, 6.45) is 4.66. The molecule has 2 unspecified atom stereocenters. The van der Waals surface area contributed by atoms with Gasteiger partial charge in [0, 0.05) is 20.0 Å². The number of ether oxygens (including phenoxy) is 1. The van der Waals surface area contributed by atoms with Crippen molar-refractivity contribution in [2.24, 2.45) is 5.92 Å². The van der Waals surface area contributed by atoms with Crippen LogP contribution in [0, 0.1) is 5.92 Å². The Balaban J connectivity index is 1.75. The van der Waals surface area contributed by atoms with Gasteiger partial charge in [0.25, 0.3) is 0 Å². The third-order valence-electron chi connectivity index (χ3n) is 4.95. The minimum atomic E-state index is -0.417. The van der Waals surface area contributed by atoms with Crippen molar-refractivity contribution in [3.63, 3.8) is 0 Å². The Hall–Kier alpha value is -2.12. The fraction of sp³-hybridized carbons (Fsp3) is 0.619. The third-order valence-corrected chi connectivity index (χ3v) is 4.95. The molecule has 0 spiro atoms. The number of carbonyl (C=O) groups is 2. The lowest BCUT2D eigenvalue weighted by Crippen LogP contribution is -2.38. The van der Waals surface area contributed by atoms with E-state index in [2.05, 4.69) is 10.4 Å². The molecule has 1 saturated heterocycles. The number of benzene rings is 1. The lowest BCUT2D eigenvalue weighted by molar-refractivity contribution is -0.162. The van der Waals surface area contributed by atoms with Crippen LogP contribution >= 0.6 is 0 Å². The van der Waals surface area contributed by atoms with Crippen LogP contribution in [0.3, 0.4) is 0 Å². The number of hydrogen-bond donors (Lipinski definition) is 2. The first-order chi connectivity index (χ1) is 13.5. The van der Waals surface area contributed by atoms with Gasteiger partial charge in [0.1, 0.15) is 12.0 Å². The van der Waals surface area contributed by atoms with Crippen molar-refractivity contribution < 1.29 is 24.3 Å². The maximum Gasteiger partial charge on any atom is 0.335 e. The first kappa shape index (κ1) is 22.2. The first-order valence-corrected chi connectivity index (χ1v) is 10.1. The fourth-order valence-corrected chi connectivity index (χ4v) is 3.34. The smallest absolute Gasteiger partial charge is 0.335 e. The summed E-state index contributed by atoms with van der Waals surface area (Å²) in [7, 11) is 0. The molecule has 2 rings (SSSR count). The number of aliphatic hydroxyl groups excluding tert-OH is 1. The van der Waals surface area contributed by atoms with E-state index in [0.717, 1.165) is 37.1 Å². The summed E-state index contributed by atoms with van der Waals surface area (Å²) in [5.41, 5.74) is 3.19. The highest BCUT2D eigenvalue weighted by Gasteiger charge is 2.20. The normalized spacial score (nSPS) is 18.3. The summed E-state index contributed by atoms with van der Waals surface area (Å²) in [6, 6.07) is 7.92. The lowest BCUT2D eigenvalue weighted by Gasteiger charge is -2.32. The number of hydroxylamine groups is 1. The van der Waals surface area contributed by atoms with E-state index in [9.17, 15) is 14.7 Å². The molecule has 1 aliphatic heterocycles. The molecule has 7 heteroatoms. The van der Waals surface area contributed by atoms with Crippen molar-refractivity contribution >= 4 is 11.9 Å². The predicted octanol–water partition coefficient (Wildman–Crippen LogP) is 2.77. The average Bonchev–Trinajstić information content (AvgIpc) is 2.68. The van der Waals surface area contributed by atoms with Crippen LogP contribution in [-0.2, 0) is 21.0 Å². The van der Waals surface area contributed by atoms with E-state index >= 15 is 0 Å². The number of piperidine rings is 1. The van der Waals surface area contributed by atoms with Crippen molar-refractivity contribution in [2.75, 3.05) is 13.2 Å². The highest BCUT2D eigenvalue weighted by molar-refractivity contribution is 5.77. The Labute approximate surface area is 167 Å². The van der Waals surface area contributed by atoms with Gasteiger partial charge in [-0.3, -0.25) is 9.69 Å². The van der Waals surface area contributed by atoms with Crippen LogP contribution in [0.5, 0.6) is 5.75 Å². The third kappa shape index (κ3) is 7.48. The highest BCUT2D eigenvalue weighted by atomic mass is 16.7. The number of nitrogens with one attached hydrogen (secondary N) is 1. The molecule has 28 heavy (non-hydrogen) atoms. The molecule has 1 amide bonds.